The number of benzene rings is 1. The predicted molar refractivity (Wildman–Crippen MR) is 69.0 cm³/mol. The van der Waals surface area contributed by atoms with Gasteiger partial charge in [-0.15, -0.1) is 11.3 Å². The Bertz CT molecular complexity index is 743. The number of sulfone groups is 1. The van der Waals surface area contributed by atoms with Crippen LogP contribution in [0.2, 0.25) is 0 Å². The van der Waals surface area contributed by atoms with E-state index in [1.807, 2.05) is 0 Å². The van der Waals surface area contributed by atoms with Crippen molar-refractivity contribution >= 4 is 21.2 Å². The molecule has 0 amide bonds. The molecule has 1 N–H and O–H groups in total. The highest BCUT2D eigenvalue weighted by Crippen LogP contribution is 2.36. The number of hydrogen-bond donors (Lipinski definition) is 1. The van der Waals surface area contributed by atoms with Crippen molar-refractivity contribution < 1.29 is 22.7 Å². The summed E-state index contributed by atoms with van der Waals surface area (Å²) in [6.45, 7) is 0.260. The Balaban J connectivity index is 2.16. The topological polar surface area (TPSA) is 76.5 Å². The van der Waals surface area contributed by atoms with Gasteiger partial charge in [-0.2, -0.15) is 0 Å². The molecule has 0 bridgehead atoms. The van der Waals surface area contributed by atoms with Gasteiger partial charge in [-0.05, 0) is 6.07 Å². The molecule has 1 aliphatic heterocycles. The minimum absolute atomic E-state index is 0.173. The van der Waals surface area contributed by atoms with Crippen LogP contribution in [-0.4, -0.2) is 25.1 Å². The molecule has 1 aliphatic rings. The molecule has 0 saturated heterocycles. The number of fused-ring (bicyclic) bond motifs is 1. The van der Waals surface area contributed by atoms with Crippen molar-refractivity contribution in [3.8, 4) is 5.75 Å². The highest BCUT2D eigenvalue weighted by molar-refractivity contribution is 7.93. The Labute approximate surface area is 118 Å². The zero-order chi connectivity index (χ0) is 14.3. The molecular formula is C12H10FNO4S2. The molecule has 1 atom stereocenters. The lowest BCUT2D eigenvalue weighted by Gasteiger charge is -2.22. The third-order valence-corrected chi connectivity index (χ3v) is 5.97. The number of aliphatic hydroxyl groups excluding tert-OH is 1. The van der Waals surface area contributed by atoms with E-state index in [4.69, 9.17) is 4.74 Å². The Hall–Kier alpha value is -1.51. The van der Waals surface area contributed by atoms with Gasteiger partial charge in [0.1, 0.15) is 16.5 Å². The second-order valence-electron chi connectivity index (χ2n) is 4.27. The summed E-state index contributed by atoms with van der Waals surface area (Å²) in [5.41, 5.74) is 0.270. The number of hydrogen-bond acceptors (Lipinski definition) is 6. The molecule has 2 heterocycles. The molecule has 0 unspecified atom stereocenters. The van der Waals surface area contributed by atoms with E-state index in [0.717, 1.165) is 23.5 Å². The largest absolute Gasteiger partial charge is 0.493 e. The SMILES string of the molecule is O=S(=O)(c1nccs1)c1cc2c(cc1F)[C@H](O)CCO2. The van der Waals surface area contributed by atoms with Crippen LogP contribution < -0.4 is 4.74 Å². The molecule has 1 aromatic carbocycles. The second-order valence-corrected chi connectivity index (χ2v) is 7.26. The molecule has 0 fully saturated rings. The average Bonchev–Trinajstić information content (AvgIpc) is 2.94. The van der Waals surface area contributed by atoms with Gasteiger partial charge in [0.25, 0.3) is 0 Å². The summed E-state index contributed by atoms with van der Waals surface area (Å²) >= 11 is 0.915. The van der Waals surface area contributed by atoms with E-state index in [0.29, 0.717) is 6.42 Å². The number of nitrogens with zero attached hydrogens (tertiary/aromatic N) is 1. The van der Waals surface area contributed by atoms with E-state index < -0.39 is 26.7 Å². The van der Waals surface area contributed by atoms with Crippen LogP contribution in [0.4, 0.5) is 4.39 Å². The molecule has 106 valence electrons. The molecule has 5 nitrogen and oxygen atoms in total. The molecule has 0 spiro atoms. The minimum atomic E-state index is -4.01. The minimum Gasteiger partial charge on any atom is -0.493 e. The molecule has 3 rings (SSSR count). The Morgan fingerprint density at radius 1 is 1.45 bits per heavy atom. The van der Waals surface area contributed by atoms with E-state index in [2.05, 4.69) is 4.98 Å². The van der Waals surface area contributed by atoms with Crippen LogP contribution in [-0.2, 0) is 9.84 Å². The number of rotatable bonds is 2. The lowest BCUT2D eigenvalue weighted by Crippen LogP contribution is -2.15. The standard InChI is InChI=1S/C12H10FNO4S2/c13-8-5-7-9(15)1-3-18-10(7)6-11(8)20(16,17)12-14-2-4-19-12/h2,4-6,9,15H,1,3H2/t9-/m1/s1. The third kappa shape index (κ3) is 2.09. The number of thiazole rings is 1. The summed E-state index contributed by atoms with van der Waals surface area (Å²) < 4.78 is 43.7. The Kier molecular flexibility index (Phi) is 3.23. The van der Waals surface area contributed by atoms with Crippen molar-refractivity contribution in [2.75, 3.05) is 6.61 Å². The van der Waals surface area contributed by atoms with Crippen LogP contribution >= 0.6 is 11.3 Å². The smallest absolute Gasteiger partial charge is 0.236 e. The fourth-order valence-electron chi connectivity index (χ4n) is 2.01. The van der Waals surface area contributed by atoms with Gasteiger partial charge in [-0.3, -0.25) is 0 Å². The summed E-state index contributed by atoms with van der Waals surface area (Å²) in [6.07, 6.45) is 0.851. The average molecular weight is 315 g/mol. The predicted octanol–water partition coefficient (Wildman–Crippen LogP) is 1.93. The van der Waals surface area contributed by atoms with E-state index in [9.17, 15) is 17.9 Å². The van der Waals surface area contributed by atoms with Gasteiger partial charge in [0.2, 0.25) is 14.2 Å². The van der Waals surface area contributed by atoms with Gasteiger partial charge in [0.05, 0.1) is 12.7 Å². The lowest BCUT2D eigenvalue weighted by atomic mass is 10.0. The van der Waals surface area contributed by atoms with Crippen LogP contribution in [0.15, 0.2) is 32.9 Å². The van der Waals surface area contributed by atoms with Gasteiger partial charge in [0.15, 0.2) is 0 Å². The maximum atomic E-state index is 14.1. The van der Waals surface area contributed by atoms with Crippen molar-refractivity contribution in [1.29, 1.82) is 0 Å². The Morgan fingerprint density at radius 3 is 2.95 bits per heavy atom. The maximum absolute atomic E-state index is 14.1. The quantitative estimate of drug-likeness (QED) is 0.916. The second kappa shape index (κ2) is 4.80. The molecule has 0 radical (unpaired) electrons. The molecular weight excluding hydrogens is 305 g/mol. The van der Waals surface area contributed by atoms with E-state index in [-0.39, 0.29) is 22.3 Å². The molecule has 2 aromatic rings. The van der Waals surface area contributed by atoms with Crippen molar-refractivity contribution in [3.05, 3.63) is 35.1 Å². The van der Waals surface area contributed by atoms with Crippen molar-refractivity contribution in [2.24, 2.45) is 0 Å². The van der Waals surface area contributed by atoms with E-state index in [1.54, 1.807) is 0 Å². The highest BCUT2D eigenvalue weighted by Gasteiger charge is 2.29. The van der Waals surface area contributed by atoms with Gasteiger partial charge in [0, 0.05) is 29.6 Å². The van der Waals surface area contributed by atoms with Crippen molar-refractivity contribution in [3.63, 3.8) is 0 Å². The fraction of sp³-hybridized carbons (Fsp3) is 0.250. The van der Waals surface area contributed by atoms with Crippen LogP contribution in [0.1, 0.15) is 18.1 Å². The summed E-state index contributed by atoms with van der Waals surface area (Å²) in [7, 11) is -4.01. The van der Waals surface area contributed by atoms with Crippen LogP contribution in [0.3, 0.4) is 0 Å². The van der Waals surface area contributed by atoms with Gasteiger partial charge in [-0.1, -0.05) is 0 Å². The normalized spacial score (nSPS) is 18.4. The molecule has 8 heteroatoms. The molecule has 1 aromatic heterocycles. The van der Waals surface area contributed by atoms with E-state index >= 15 is 0 Å². The summed E-state index contributed by atoms with van der Waals surface area (Å²) in [4.78, 5) is 3.22. The van der Waals surface area contributed by atoms with Gasteiger partial charge in [-0.25, -0.2) is 17.8 Å². The number of ether oxygens (including phenoxy) is 1. The van der Waals surface area contributed by atoms with Crippen LogP contribution in [0.25, 0.3) is 0 Å². The van der Waals surface area contributed by atoms with Gasteiger partial charge < -0.3 is 9.84 Å². The zero-order valence-corrected chi connectivity index (χ0v) is 11.7. The first-order valence-electron chi connectivity index (χ1n) is 5.79. The summed E-state index contributed by atoms with van der Waals surface area (Å²) in [5, 5.41) is 11.3. The summed E-state index contributed by atoms with van der Waals surface area (Å²) in [6, 6.07) is 2.13. The number of halogens is 1. The zero-order valence-electron chi connectivity index (χ0n) is 10.1. The fourth-order valence-corrected chi connectivity index (χ4v) is 4.28. The first-order chi connectivity index (χ1) is 9.50. The lowest BCUT2D eigenvalue weighted by molar-refractivity contribution is 0.114. The van der Waals surface area contributed by atoms with Crippen LogP contribution in [0.5, 0.6) is 5.75 Å². The third-order valence-electron chi connectivity index (χ3n) is 3.00. The molecule has 0 aliphatic carbocycles. The number of aliphatic hydroxyl groups is 1. The molecule has 20 heavy (non-hydrogen) atoms. The first kappa shape index (κ1) is 13.5. The van der Waals surface area contributed by atoms with Gasteiger partial charge >= 0.3 is 0 Å². The number of aromatic nitrogens is 1. The van der Waals surface area contributed by atoms with E-state index in [1.165, 1.54) is 11.6 Å². The van der Waals surface area contributed by atoms with Crippen molar-refractivity contribution in [1.82, 2.24) is 4.98 Å². The monoisotopic (exact) mass is 315 g/mol. The Morgan fingerprint density at radius 2 is 2.25 bits per heavy atom. The highest BCUT2D eigenvalue weighted by atomic mass is 32.2. The van der Waals surface area contributed by atoms with Crippen LogP contribution in [0, 0.1) is 5.82 Å². The van der Waals surface area contributed by atoms with Crippen molar-refractivity contribution in [2.45, 2.75) is 21.8 Å². The molecule has 0 saturated carbocycles. The first-order valence-corrected chi connectivity index (χ1v) is 8.15. The maximum Gasteiger partial charge on any atom is 0.236 e. The summed E-state index contributed by atoms with van der Waals surface area (Å²) in [5.74, 6) is -0.719.